The Bertz CT molecular complexity index is 538. The van der Waals surface area contributed by atoms with Gasteiger partial charge >= 0.3 is 0 Å². The van der Waals surface area contributed by atoms with E-state index in [9.17, 15) is 4.79 Å². The SMILES string of the molecule is COc1ccccc1C1(CNC(=O)CC2CCCN2)CCCC1.Cl. The standard InChI is InChI=1S/C19H28N2O2.ClH/c1-23-17-9-3-2-8-16(17)19(10-4-5-11-19)14-21-18(22)13-15-7-6-12-20-15;/h2-3,8-9,15,20H,4-7,10-14H2,1H3,(H,21,22);1H. The minimum atomic E-state index is 0. The maximum absolute atomic E-state index is 12.3. The van der Waals surface area contributed by atoms with E-state index in [2.05, 4.69) is 22.8 Å². The number of nitrogens with one attached hydrogen (secondary N) is 2. The van der Waals surface area contributed by atoms with Crippen LogP contribution in [0.5, 0.6) is 5.75 Å². The second-order valence-corrected chi connectivity index (χ2v) is 6.96. The van der Waals surface area contributed by atoms with Gasteiger partial charge in [-0.2, -0.15) is 0 Å². The third-order valence-corrected chi connectivity index (χ3v) is 5.46. The molecular weight excluding hydrogens is 324 g/mol. The zero-order chi connectivity index (χ0) is 16.1. The largest absolute Gasteiger partial charge is 0.496 e. The molecule has 0 aromatic heterocycles. The third kappa shape index (κ3) is 4.22. The van der Waals surface area contributed by atoms with Crippen molar-refractivity contribution in [3.63, 3.8) is 0 Å². The molecule has 1 saturated carbocycles. The summed E-state index contributed by atoms with van der Waals surface area (Å²) >= 11 is 0. The van der Waals surface area contributed by atoms with Crippen molar-refractivity contribution < 1.29 is 9.53 Å². The van der Waals surface area contributed by atoms with Crippen molar-refractivity contribution >= 4 is 18.3 Å². The van der Waals surface area contributed by atoms with Crippen LogP contribution in [0.4, 0.5) is 0 Å². The molecule has 5 heteroatoms. The number of hydrogen-bond acceptors (Lipinski definition) is 3. The zero-order valence-corrected chi connectivity index (χ0v) is 15.3. The Morgan fingerprint density at radius 3 is 2.71 bits per heavy atom. The lowest BCUT2D eigenvalue weighted by atomic mass is 9.78. The molecule has 24 heavy (non-hydrogen) atoms. The molecule has 2 N–H and O–H groups in total. The van der Waals surface area contributed by atoms with Gasteiger partial charge < -0.3 is 15.4 Å². The fourth-order valence-corrected chi connectivity index (χ4v) is 4.17. The van der Waals surface area contributed by atoms with Crippen LogP contribution < -0.4 is 15.4 Å². The maximum Gasteiger partial charge on any atom is 0.221 e. The van der Waals surface area contributed by atoms with Crippen molar-refractivity contribution in [2.45, 2.75) is 56.4 Å². The highest BCUT2D eigenvalue weighted by atomic mass is 35.5. The van der Waals surface area contributed by atoms with Crippen molar-refractivity contribution in [2.24, 2.45) is 0 Å². The number of methoxy groups -OCH3 is 1. The first-order valence-electron chi connectivity index (χ1n) is 8.87. The number of benzene rings is 1. The van der Waals surface area contributed by atoms with Gasteiger partial charge in [-0.05, 0) is 38.3 Å². The monoisotopic (exact) mass is 352 g/mol. The van der Waals surface area contributed by atoms with Crippen LogP contribution in [0, 0.1) is 0 Å². The maximum atomic E-state index is 12.3. The highest BCUT2D eigenvalue weighted by molar-refractivity contribution is 5.85. The van der Waals surface area contributed by atoms with E-state index in [-0.39, 0.29) is 23.7 Å². The van der Waals surface area contributed by atoms with Crippen molar-refractivity contribution in [3.8, 4) is 5.75 Å². The molecule has 0 bridgehead atoms. The molecule has 0 spiro atoms. The van der Waals surface area contributed by atoms with E-state index < -0.39 is 0 Å². The Kier molecular flexibility index (Phi) is 6.93. The average molecular weight is 353 g/mol. The van der Waals surface area contributed by atoms with Gasteiger partial charge in [0.15, 0.2) is 0 Å². The molecule has 134 valence electrons. The number of rotatable bonds is 6. The summed E-state index contributed by atoms with van der Waals surface area (Å²) in [4.78, 5) is 12.3. The van der Waals surface area contributed by atoms with Crippen LogP contribution in [0.15, 0.2) is 24.3 Å². The first-order chi connectivity index (χ1) is 11.2. The van der Waals surface area contributed by atoms with Crippen molar-refractivity contribution in [1.29, 1.82) is 0 Å². The first kappa shape index (κ1) is 19.1. The lowest BCUT2D eigenvalue weighted by Gasteiger charge is -2.31. The van der Waals surface area contributed by atoms with Crippen molar-refractivity contribution in [2.75, 3.05) is 20.2 Å². The molecular formula is C19H29ClN2O2. The molecule has 2 fully saturated rings. The molecule has 1 aromatic carbocycles. The van der Waals surface area contributed by atoms with Gasteiger partial charge in [-0.3, -0.25) is 4.79 Å². The lowest BCUT2D eigenvalue weighted by Crippen LogP contribution is -2.41. The van der Waals surface area contributed by atoms with E-state index in [1.165, 1.54) is 24.8 Å². The van der Waals surface area contributed by atoms with Crippen molar-refractivity contribution in [3.05, 3.63) is 29.8 Å². The van der Waals surface area contributed by atoms with Gasteiger partial charge in [0.25, 0.3) is 0 Å². The van der Waals surface area contributed by atoms with Gasteiger partial charge in [-0.15, -0.1) is 12.4 Å². The van der Waals surface area contributed by atoms with Crippen LogP contribution in [-0.2, 0) is 10.2 Å². The summed E-state index contributed by atoms with van der Waals surface area (Å²) in [6, 6.07) is 8.63. The van der Waals surface area contributed by atoms with Crippen LogP contribution in [-0.4, -0.2) is 32.1 Å². The molecule has 1 atom stereocenters. The smallest absolute Gasteiger partial charge is 0.221 e. The molecule has 1 saturated heterocycles. The second kappa shape index (κ2) is 8.72. The van der Waals surface area contributed by atoms with Gasteiger partial charge in [-0.1, -0.05) is 31.0 Å². The van der Waals surface area contributed by atoms with Crippen LogP contribution >= 0.6 is 12.4 Å². The number of carbonyl (C=O) groups excluding carboxylic acids is 1. The highest BCUT2D eigenvalue weighted by Crippen LogP contribution is 2.44. The fourth-order valence-electron chi connectivity index (χ4n) is 4.17. The van der Waals surface area contributed by atoms with Gasteiger partial charge in [0.05, 0.1) is 7.11 Å². The van der Waals surface area contributed by atoms with Gasteiger partial charge in [-0.25, -0.2) is 0 Å². The summed E-state index contributed by atoms with van der Waals surface area (Å²) in [5, 5.41) is 6.60. The van der Waals surface area contributed by atoms with Crippen molar-refractivity contribution in [1.82, 2.24) is 10.6 Å². The Balaban J connectivity index is 0.00000208. The average Bonchev–Trinajstić information content (AvgIpc) is 3.25. The number of carbonyl (C=O) groups is 1. The number of ether oxygens (including phenoxy) is 1. The van der Waals surface area contributed by atoms with E-state index in [1.54, 1.807) is 7.11 Å². The Morgan fingerprint density at radius 1 is 1.29 bits per heavy atom. The Hall–Kier alpha value is -1.26. The van der Waals surface area contributed by atoms with Gasteiger partial charge in [0, 0.05) is 30.0 Å². The minimum Gasteiger partial charge on any atom is -0.496 e. The Morgan fingerprint density at radius 2 is 2.04 bits per heavy atom. The molecule has 1 aliphatic heterocycles. The zero-order valence-electron chi connectivity index (χ0n) is 14.5. The summed E-state index contributed by atoms with van der Waals surface area (Å²) in [6.45, 7) is 1.77. The number of halogens is 1. The predicted molar refractivity (Wildman–Crippen MR) is 99.0 cm³/mol. The van der Waals surface area contributed by atoms with E-state index in [4.69, 9.17) is 4.74 Å². The van der Waals surface area contributed by atoms with E-state index in [0.717, 1.165) is 38.1 Å². The lowest BCUT2D eigenvalue weighted by molar-refractivity contribution is -0.121. The highest BCUT2D eigenvalue weighted by Gasteiger charge is 2.38. The normalized spacial score (nSPS) is 22.0. The van der Waals surface area contributed by atoms with Crippen LogP contribution in [0.3, 0.4) is 0 Å². The predicted octanol–water partition coefficient (Wildman–Crippen LogP) is 3.19. The first-order valence-corrected chi connectivity index (χ1v) is 8.87. The summed E-state index contributed by atoms with van der Waals surface area (Å²) in [5.41, 5.74) is 1.28. The summed E-state index contributed by atoms with van der Waals surface area (Å²) < 4.78 is 5.57. The second-order valence-electron chi connectivity index (χ2n) is 6.96. The van der Waals surface area contributed by atoms with Crippen LogP contribution in [0.25, 0.3) is 0 Å². The molecule has 1 aromatic rings. The Labute approximate surface area is 151 Å². The fraction of sp³-hybridized carbons (Fsp3) is 0.632. The summed E-state index contributed by atoms with van der Waals surface area (Å²) in [7, 11) is 1.73. The minimum absolute atomic E-state index is 0. The third-order valence-electron chi connectivity index (χ3n) is 5.46. The van der Waals surface area contributed by atoms with E-state index >= 15 is 0 Å². The molecule has 1 heterocycles. The summed E-state index contributed by atoms with van der Waals surface area (Å²) in [6.07, 6.45) is 7.58. The van der Waals surface area contributed by atoms with Crippen LogP contribution in [0.1, 0.15) is 50.5 Å². The van der Waals surface area contributed by atoms with Gasteiger partial charge in [0.1, 0.15) is 5.75 Å². The number of para-hydroxylation sites is 1. The topological polar surface area (TPSA) is 50.4 Å². The molecule has 4 nitrogen and oxygen atoms in total. The molecule has 1 unspecified atom stereocenters. The van der Waals surface area contributed by atoms with Gasteiger partial charge in [0.2, 0.25) is 5.91 Å². The molecule has 3 rings (SSSR count). The number of hydrogen-bond donors (Lipinski definition) is 2. The van der Waals surface area contributed by atoms with Crippen LogP contribution in [0.2, 0.25) is 0 Å². The molecule has 1 amide bonds. The molecule has 1 aliphatic carbocycles. The molecule has 0 radical (unpaired) electrons. The van der Waals surface area contributed by atoms with E-state index in [1.807, 2.05) is 12.1 Å². The van der Waals surface area contributed by atoms with E-state index in [0.29, 0.717) is 12.5 Å². The summed E-state index contributed by atoms with van der Waals surface area (Å²) in [5.74, 6) is 1.12. The number of amides is 1. The molecule has 2 aliphatic rings. The quantitative estimate of drug-likeness (QED) is 0.826.